The van der Waals surface area contributed by atoms with Gasteiger partial charge in [-0.2, -0.15) is 10.0 Å². The Kier molecular flexibility index (Phi) is 6.14. The normalized spacial score (nSPS) is 18.7. The number of rotatable bonds is 4. The van der Waals surface area contributed by atoms with E-state index in [0.717, 1.165) is 15.6 Å². The number of nitrogens with zero attached hydrogens (tertiary/aromatic N) is 2. The van der Waals surface area contributed by atoms with Crippen LogP contribution in [0.15, 0.2) is 54.6 Å². The first-order valence-electron chi connectivity index (χ1n) is 11.2. The summed E-state index contributed by atoms with van der Waals surface area (Å²) >= 11 is 0. The molecule has 9 nitrogen and oxygen atoms in total. The number of hydrazine groups is 1. The standard InChI is InChI=1S/C25H27N3O6/c1-15(2)33-23(31)27-20(14-17-10-6-5-7-11-17)26-25(28(27)24(32)34-16(3)4)21(29)18-12-8-9-13-19(18)22(25)30/h5-13,15-16,20,26H,14H2,1-4H3. The van der Waals surface area contributed by atoms with E-state index in [4.69, 9.17) is 9.47 Å². The number of hydrogen-bond acceptors (Lipinski definition) is 7. The predicted octanol–water partition coefficient (Wildman–Crippen LogP) is 3.54. The molecule has 1 N–H and O–H groups in total. The Morgan fingerprint density at radius 1 is 0.853 bits per heavy atom. The van der Waals surface area contributed by atoms with E-state index >= 15 is 0 Å². The van der Waals surface area contributed by atoms with Crippen molar-refractivity contribution in [2.75, 3.05) is 0 Å². The average Bonchev–Trinajstić information content (AvgIpc) is 3.23. The van der Waals surface area contributed by atoms with Crippen molar-refractivity contribution in [3.63, 3.8) is 0 Å². The number of ketones is 2. The summed E-state index contributed by atoms with van der Waals surface area (Å²) in [6, 6.07) is 15.6. The molecule has 178 valence electrons. The minimum atomic E-state index is -2.16. The van der Waals surface area contributed by atoms with Crippen LogP contribution >= 0.6 is 0 Å². The van der Waals surface area contributed by atoms with E-state index in [-0.39, 0.29) is 17.5 Å². The van der Waals surface area contributed by atoms with E-state index < -0.39 is 47.8 Å². The molecule has 1 aliphatic heterocycles. The van der Waals surface area contributed by atoms with Crippen molar-refractivity contribution in [1.82, 2.24) is 15.3 Å². The highest BCUT2D eigenvalue weighted by atomic mass is 16.6. The number of hydrogen-bond donors (Lipinski definition) is 1. The molecule has 2 aliphatic rings. The molecule has 2 amide bonds. The molecule has 2 aromatic rings. The van der Waals surface area contributed by atoms with Crippen molar-refractivity contribution in [1.29, 1.82) is 0 Å². The van der Waals surface area contributed by atoms with Crippen LogP contribution in [0, 0.1) is 0 Å². The molecule has 1 atom stereocenters. The number of Topliss-reactive ketones (excluding diaryl/α,β-unsaturated/α-hetero) is 2. The summed E-state index contributed by atoms with van der Waals surface area (Å²) in [6.07, 6.45) is -3.68. The summed E-state index contributed by atoms with van der Waals surface area (Å²) in [5.74, 6) is -1.27. The van der Waals surface area contributed by atoms with Crippen LogP contribution in [-0.2, 0) is 15.9 Å². The molecule has 1 fully saturated rings. The van der Waals surface area contributed by atoms with E-state index in [2.05, 4.69) is 5.32 Å². The van der Waals surface area contributed by atoms with E-state index in [1.807, 2.05) is 30.3 Å². The van der Waals surface area contributed by atoms with Crippen molar-refractivity contribution < 1.29 is 28.7 Å². The van der Waals surface area contributed by atoms with E-state index in [9.17, 15) is 19.2 Å². The van der Waals surface area contributed by atoms with E-state index in [1.54, 1.807) is 39.8 Å². The van der Waals surface area contributed by atoms with Crippen LogP contribution in [0.2, 0.25) is 0 Å². The molecule has 1 aliphatic carbocycles. The van der Waals surface area contributed by atoms with Crippen molar-refractivity contribution in [3.8, 4) is 0 Å². The SMILES string of the molecule is CC(C)OC(=O)N1C(Cc2ccccc2)NC2(C(=O)c3ccccc3C2=O)N1C(=O)OC(C)C. The van der Waals surface area contributed by atoms with E-state index in [0.29, 0.717) is 0 Å². The second kappa shape index (κ2) is 8.90. The third-order valence-corrected chi connectivity index (χ3v) is 5.58. The van der Waals surface area contributed by atoms with Gasteiger partial charge >= 0.3 is 12.2 Å². The first kappa shape index (κ1) is 23.4. The first-order chi connectivity index (χ1) is 16.2. The zero-order valence-corrected chi connectivity index (χ0v) is 19.5. The molecule has 34 heavy (non-hydrogen) atoms. The Morgan fingerprint density at radius 2 is 1.35 bits per heavy atom. The smallest absolute Gasteiger partial charge is 0.431 e. The molecule has 0 aromatic heterocycles. The van der Waals surface area contributed by atoms with Crippen LogP contribution in [0.25, 0.3) is 0 Å². The topological polar surface area (TPSA) is 105 Å². The number of amides is 2. The number of carbonyl (C=O) groups excluding carboxylic acids is 4. The third-order valence-electron chi connectivity index (χ3n) is 5.58. The Balaban J connectivity index is 1.86. The Labute approximate surface area is 197 Å². The lowest BCUT2D eigenvalue weighted by Gasteiger charge is -2.35. The highest BCUT2D eigenvalue weighted by molar-refractivity contribution is 6.33. The van der Waals surface area contributed by atoms with Gasteiger partial charge in [-0.3, -0.25) is 14.9 Å². The fraction of sp³-hybridized carbons (Fsp3) is 0.360. The zero-order chi connectivity index (χ0) is 24.6. The maximum Gasteiger partial charge on any atom is 0.431 e. The molecule has 1 unspecified atom stereocenters. The Morgan fingerprint density at radius 3 is 1.88 bits per heavy atom. The fourth-order valence-corrected chi connectivity index (χ4v) is 4.28. The van der Waals surface area contributed by atoms with Crippen LogP contribution in [0.5, 0.6) is 0 Å². The maximum absolute atomic E-state index is 13.7. The van der Waals surface area contributed by atoms with Crippen LogP contribution < -0.4 is 5.32 Å². The lowest BCUT2D eigenvalue weighted by molar-refractivity contribution is -0.0459. The molecule has 1 heterocycles. The average molecular weight is 466 g/mol. The van der Waals surface area contributed by atoms with Gasteiger partial charge in [0.05, 0.1) is 12.2 Å². The van der Waals surface area contributed by atoms with Crippen LogP contribution in [0.4, 0.5) is 9.59 Å². The van der Waals surface area contributed by atoms with Gasteiger partial charge in [0.25, 0.3) is 0 Å². The van der Waals surface area contributed by atoms with Gasteiger partial charge in [0, 0.05) is 17.5 Å². The molecule has 0 radical (unpaired) electrons. The minimum Gasteiger partial charge on any atom is -0.445 e. The van der Waals surface area contributed by atoms with Gasteiger partial charge < -0.3 is 9.47 Å². The van der Waals surface area contributed by atoms with Gasteiger partial charge in [-0.15, -0.1) is 0 Å². The summed E-state index contributed by atoms with van der Waals surface area (Å²) in [5.41, 5.74) is -1.00. The molecule has 1 spiro atoms. The van der Waals surface area contributed by atoms with Gasteiger partial charge in [-0.1, -0.05) is 54.6 Å². The lowest BCUT2D eigenvalue weighted by Crippen LogP contribution is -2.64. The Bertz CT molecular complexity index is 1100. The van der Waals surface area contributed by atoms with Gasteiger partial charge in [-0.25, -0.2) is 9.59 Å². The molecule has 2 aromatic carbocycles. The van der Waals surface area contributed by atoms with Crippen molar-refractivity contribution in [2.24, 2.45) is 0 Å². The van der Waals surface area contributed by atoms with Crippen molar-refractivity contribution >= 4 is 23.8 Å². The summed E-state index contributed by atoms with van der Waals surface area (Å²) in [5, 5.41) is 4.82. The highest BCUT2D eigenvalue weighted by Crippen LogP contribution is 2.40. The Hall–Kier alpha value is -3.72. The summed E-state index contributed by atoms with van der Waals surface area (Å²) in [4.78, 5) is 54.1. The van der Waals surface area contributed by atoms with Gasteiger partial charge in [-0.05, 0) is 33.3 Å². The van der Waals surface area contributed by atoms with E-state index in [1.165, 1.54) is 12.1 Å². The molecule has 0 bridgehead atoms. The lowest BCUT2D eigenvalue weighted by atomic mass is 10.0. The predicted molar refractivity (Wildman–Crippen MR) is 122 cm³/mol. The fourth-order valence-electron chi connectivity index (χ4n) is 4.28. The number of nitrogens with one attached hydrogen (secondary N) is 1. The summed E-state index contributed by atoms with van der Waals surface area (Å²) < 4.78 is 10.8. The van der Waals surface area contributed by atoms with Crippen LogP contribution in [0.1, 0.15) is 54.0 Å². The highest BCUT2D eigenvalue weighted by Gasteiger charge is 2.68. The summed E-state index contributed by atoms with van der Waals surface area (Å²) in [6.45, 7) is 6.61. The first-order valence-corrected chi connectivity index (χ1v) is 11.2. The molecule has 0 saturated carbocycles. The largest absolute Gasteiger partial charge is 0.445 e. The van der Waals surface area contributed by atoms with Crippen molar-refractivity contribution in [2.45, 2.75) is 58.2 Å². The molecule has 9 heteroatoms. The zero-order valence-electron chi connectivity index (χ0n) is 19.5. The molecular weight excluding hydrogens is 438 g/mol. The third kappa shape index (κ3) is 3.81. The number of benzene rings is 2. The van der Waals surface area contributed by atoms with Gasteiger partial charge in [0.2, 0.25) is 17.2 Å². The molecule has 1 saturated heterocycles. The summed E-state index contributed by atoms with van der Waals surface area (Å²) in [7, 11) is 0. The molecule has 4 rings (SSSR count). The monoisotopic (exact) mass is 465 g/mol. The number of carbonyl (C=O) groups is 4. The maximum atomic E-state index is 13.7. The second-order valence-corrected chi connectivity index (χ2v) is 8.79. The van der Waals surface area contributed by atoms with Gasteiger partial charge in [0.15, 0.2) is 0 Å². The number of ether oxygens (including phenoxy) is 2. The van der Waals surface area contributed by atoms with Crippen LogP contribution in [0.3, 0.4) is 0 Å². The number of fused-ring (bicyclic) bond motifs is 1. The quantitative estimate of drug-likeness (QED) is 0.689. The molecular formula is C25H27N3O6. The minimum absolute atomic E-state index is 0.167. The van der Waals surface area contributed by atoms with Crippen LogP contribution in [-0.4, -0.2) is 57.8 Å². The second-order valence-electron chi connectivity index (χ2n) is 8.79. The van der Waals surface area contributed by atoms with Gasteiger partial charge in [0.1, 0.15) is 6.17 Å². The van der Waals surface area contributed by atoms with Crippen molar-refractivity contribution in [3.05, 3.63) is 71.3 Å².